The normalized spacial score (nSPS) is 14.2. The molecule has 3 rings (SSSR count). The Bertz CT molecular complexity index is 712. The predicted octanol–water partition coefficient (Wildman–Crippen LogP) is 3.03. The molecule has 1 aromatic heterocycles. The van der Waals surface area contributed by atoms with E-state index in [-0.39, 0.29) is 18.3 Å². The summed E-state index contributed by atoms with van der Waals surface area (Å²) in [6.07, 6.45) is 1.62. The summed E-state index contributed by atoms with van der Waals surface area (Å²) >= 11 is 0. The van der Waals surface area contributed by atoms with Crippen LogP contribution in [0.1, 0.15) is 11.3 Å². The third-order valence-corrected chi connectivity index (χ3v) is 3.94. The Balaban J connectivity index is 0.00000225. The number of carbonyl (C=O) groups is 1. The number of halogens is 1. The molecular weight excluding hydrogens is 340 g/mol. The Hall–Kier alpha value is -2.24. The number of hydrogen-bond acceptors (Lipinski definition) is 4. The maximum atomic E-state index is 12.8. The van der Waals surface area contributed by atoms with Crippen molar-refractivity contribution in [3.8, 4) is 0 Å². The van der Waals surface area contributed by atoms with Crippen LogP contribution in [-0.4, -0.2) is 49.5 Å². The first kappa shape index (κ1) is 19.1. The lowest BCUT2D eigenvalue weighted by Gasteiger charge is -2.15. The molecule has 1 aliphatic rings. The Morgan fingerprint density at radius 3 is 2.56 bits per heavy atom. The van der Waals surface area contributed by atoms with Crippen molar-refractivity contribution in [3.63, 3.8) is 0 Å². The van der Waals surface area contributed by atoms with Gasteiger partial charge >= 0.3 is 0 Å². The van der Waals surface area contributed by atoms with E-state index in [1.807, 2.05) is 61.5 Å². The maximum absolute atomic E-state index is 12.8. The second kappa shape index (κ2) is 8.74. The molecule has 6 heteroatoms. The van der Waals surface area contributed by atoms with Gasteiger partial charge in [0.2, 0.25) is 0 Å². The van der Waals surface area contributed by atoms with Crippen LogP contribution in [0.25, 0.3) is 5.57 Å². The molecule has 0 unspecified atom stereocenters. The van der Waals surface area contributed by atoms with Gasteiger partial charge < -0.3 is 19.0 Å². The van der Waals surface area contributed by atoms with E-state index in [2.05, 4.69) is 0 Å². The zero-order valence-corrected chi connectivity index (χ0v) is 15.3. The lowest BCUT2D eigenvalue weighted by Crippen LogP contribution is -2.27. The Kier molecular flexibility index (Phi) is 6.67. The minimum atomic E-state index is -0.0796. The molecule has 0 spiro atoms. The van der Waals surface area contributed by atoms with Gasteiger partial charge in [0.25, 0.3) is 5.91 Å². The number of rotatable bonds is 7. The smallest absolute Gasteiger partial charge is 0.290 e. The van der Waals surface area contributed by atoms with Crippen molar-refractivity contribution in [2.24, 2.45) is 0 Å². The average Bonchev–Trinajstić information content (AvgIpc) is 3.19. The average molecular weight is 363 g/mol. The van der Waals surface area contributed by atoms with Gasteiger partial charge in [-0.3, -0.25) is 4.79 Å². The number of amides is 1. The Labute approximate surface area is 154 Å². The van der Waals surface area contributed by atoms with Crippen LogP contribution in [0.3, 0.4) is 0 Å². The van der Waals surface area contributed by atoms with Crippen LogP contribution in [-0.2, 0) is 16.1 Å². The molecule has 0 fully saturated rings. The third kappa shape index (κ3) is 4.65. The summed E-state index contributed by atoms with van der Waals surface area (Å²) in [5.74, 6) is 1.14. The van der Waals surface area contributed by atoms with E-state index < -0.39 is 0 Å². The number of carbonyl (C=O) groups excluding carboxylic acids is 1. The SMILES string of the molecule is CN(C)CCOC1=C(c2ccccc2)CN(Cc2ccco2)C1=O.Cl. The predicted molar refractivity (Wildman–Crippen MR) is 99.2 cm³/mol. The zero-order valence-electron chi connectivity index (χ0n) is 14.5. The number of ether oxygens (including phenoxy) is 1. The van der Waals surface area contributed by atoms with Crippen LogP contribution < -0.4 is 0 Å². The maximum Gasteiger partial charge on any atom is 0.290 e. The van der Waals surface area contributed by atoms with Gasteiger partial charge in [-0.2, -0.15) is 0 Å². The van der Waals surface area contributed by atoms with Crippen LogP contribution >= 0.6 is 12.4 Å². The van der Waals surface area contributed by atoms with E-state index in [4.69, 9.17) is 9.15 Å². The van der Waals surface area contributed by atoms with Crippen molar-refractivity contribution < 1.29 is 13.9 Å². The lowest BCUT2D eigenvalue weighted by molar-refractivity contribution is -0.129. The highest BCUT2D eigenvalue weighted by Crippen LogP contribution is 2.29. The molecule has 0 aliphatic carbocycles. The number of likely N-dealkylation sites (N-methyl/N-ethyl adjacent to an activating group) is 1. The van der Waals surface area contributed by atoms with E-state index >= 15 is 0 Å². The van der Waals surface area contributed by atoms with Crippen molar-refractivity contribution in [1.29, 1.82) is 0 Å². The summed E-state index contributed by atoms with van der Waals surface area (Å²) < 4.78 is 11.2. The quantitative estimate of drug-likeness (QED) is 0.759. The van der Waals surface area contributed by atoms with Crippen LogP contribution in [0.4, 0.5) is 0 Å². The first-order valence-electron chi connectivity index (χ1n) is 8.03. The second-order valence-corrected chi connectivity index (χ2v) is 6.07. The molecular formula is C19H23ClN2O3. The van der Waals surface area contributed by atoms with Crippen LogP contribution in [0.5, 0.6) is 0 Å². The Morgan fingerprint density at radius 1 is 1.16 bits per heavy atom. The minimum absolute atomic E-state index is 0. The van der Waals surface area contributed by atoms with Crippen molar-refractivity contribution in [3.05, 3.63) is 65.8 Å². The fraction of sp³-hybridized carbons (Fsp3) is 0.316. The highest BCUT2D eigenvalue weighted by molar-refractivity contribution is 6.04. The Morgan fingerprint density at radius 2 is 1.92 bits per heavy atom. The lowest BCUT2D eigenvalue weighted by atomic mass is 10.1. The molecule has 134 valence electrons. The fourth-order valence-corrected chi connectivity index (χ4v) is 2.67. The van der Waals surface area contributed by atoms with Crippen molar-refractivity contribution in [2.45, 2.75) is 6.54 Å². The topological polar surface area (TPSA) is 45.9 Å². The van der Waals surface area contributed by atoms with Gasteiger partial charge in [0.1, 0.15) is 12.4 Å². The van der Waals surface area contributed by atoms with Crippen LogP contribution in [0.15, 0.2) is 58.9 Å². The number of furan rings is 1. The zero-order chi connectivity index (χ0) is 16.9. The molecule has 1 aliphatic heterocycles. The molecule has 25 heavy (non-hydrogen) atoms. The van der Waals surface area contributed by atoms with Gasteiger partial charge in [0, 0.05) is 12.1 Å². The van der Waals surface area contributed by atoms with Crippen molar-refractivity contribution >= 4 is 23.9 Å². The monoisotopic (exact) mass is 362 g/mol. The molecule has 0 bridgehead atoms. The summed E-state index contributed by atoms with van der Waals surface area (Å²) in [7, 11) is 3.96. The van der Waals surface area contributed by atoms with Gasteiger partial charge in [-0.25, -0.2) is 0 Å². The summed E-state index contributed by atoms with van der Waals surface area (Å²) in [6, 6.07) is 13.6. The van der Waals surface area contributed by atoms with E-state index in [1.54, 1.807) is 11.2 Å². The summed E-state index contributed by atoms with van der Waals surface area (Å²) in [6.45, 7) is 2.22. The number of benzene rings is 1. The first-order chi connectivity index (χ1) is 11.6. The van der Waals surface area contributed by atoms with E-state index in [1.165, 1.54) is 0 Å². The molecule has 0 saturated heterocycles. The van der Waals surface area contributed by atoms with Gasteiger partial charge in [0.15, 0.2) is 5.76 Å². The molecule has 0 saturated carbocycles. The minimum Gasteiger partial charge on any atom is -0.486 e. The molecule has 2 aromatic rings. The molecule has 5 nitrogen and oxygen atoms in total. The largest absolute Gasteiger partial charge is 0.486 e. The molecule has 0 radical (unpaired) electrons. The summed E-state index contributed by atoms with van der Waals surface area (Å²) in [5.41, 5.74) is 1.96. The first-order valence-corrected chi connectivity index (χ1v) is 8.03. The highest BCUT2D eigenvalue weighted by atomic mass is 35.5. The number of nitrogens with zero attached hydrogens (tertiary/aromatic N) is 2. The standard InChI is InChI=1S/C19H22N2O3.ClH/c1-20(2)10-12-24-18-17(15-7-4-3-5-8-15)14-21(19(18)22)13-16-9-6-11-23-16;/h3-9,11H,10,12-14H2,1-2H3;1H. The van der Waals surface area contributed by atoms with Gasteiger partial charge in [-0.1, -0.05) is 30.3 Å². The number of hydrogen-bond donors (Lipinski definition) is 0. The summed E-state index contributed by atoms with van der Waals surface area (Å²) in [4.78, 5) is 16.6. The molecule has 1 aromatic carbocycles. The molecule has 0 N–H and O–H groups in total. The van der Waals surface area contributed by atoms with Gasteiger partial charge in [-0.05, 0) is 31.8 Å². The fourth-order valence-electron chi connectivity index (χ4n) is 2.67. The van der Waals surface area contributed by atoms with Crippen molar-refractivity contribution in [2.75, 3.05) is 33.8 Å². The van der Waals surface area contributed by atoms with Gasteiger partial charge in [-0.15, -0.1) is 12.4 Å². The van der Waals surface area contributed by atoms with Crippen LogP contribution in [0.2, 0.25) is 0 Å². The van der Waals surface area contributed by atoms with Gasteiger partial charge in [0.05, 0.1) is 19.4 Å². The van der Waals surface area contributed by atoms with E-state index in [9.17, 15) is 4.79 Å². The molecule has 0 atom stereocenters. The third-order valence-electron chi connectivity index (χ3n) is 3.94. The molecule has 2 heterocycles. The van der Waals surface area contributed by atoms with E-state index in [0.717, 1.165) is 23.4 Å². The molecule has 1 amide bonds. The van der Waals surface area contributed by atoms with E-state index in [0.29, 0.717) is 25.5 Å². The van der Waals surface area contributed by atoms with Crippen molar-refractivity contribution in [1.82, 2.24) is 9.80 Å². The highest BCUT2D eigenvalue weighted by Gasteiger charge is 2.33. The van der Waals surface area contributed by atoms with Crippen LogP contribution in [0, 0.1) is 0 Å². The summed E-state index contributed by atoms with van der Waals surface area (Å²) in [5, 5.41) is 0. The second-order valence-electron chi connectivity index (χ2n) is 6.07.